The van der Waals surface area contributed by atoms with E-state index >= 15 is 0 Å². The molecule has 38 heavy (non-hydrogen) atoms. The molecule has 2 aromatic heterocycles. The van der Waals surface area contributed by atoms with Gasteiger partial charge in [0, 0.05) is 35.4 Å². The van der Waals surface area contributed by atoms with Gasteiger partial charge in [-0.1, -0.05) is 12.1 Å². The summed E-state index contributed by atoms with van der Waals surface area (Å²) in [6.45, 7) is 5.07. The van der Waals surface area contributed by atoms with E-state index in [0.29, 0.717) is 13.2 Å². The Morgan fingerprint density at radius 2 is 1.79 bits per heavy atom. The smallest absolute Gasteiger partial charge is 0.322 e. The number of hydrogen-bond acceptors (Lipinski definition) is 5. The van der Waals surface area contributed by atoms with E-state index in [4.69, 9.17) is 9.47 Å². The van der Waals surface area contributed by atoms with Gasteiger partial charge < -0.3 is 29.2 Å². The van der Waals surface area contributed by atoms with E-state index in [0.717, 1.165) is 48.0 Å². The van der Waals surface area contributed by atoms with Gasteiger partial charge in [-0.15, -0.1) is 11.3 Å². The number of hydrogen-bond donors (Lipinski definition) is 1. The molecule has 0 bridgehead atoms. The number of anilines is 1. The molecule has 0 aliphatic carbocycles. The Labute approximate surface area is 227 Å². The van der Waals surface area contributed by atoms with Gasteiger partial charge in [-0.25, -0.2) is 4.79 Å². The van der Waals surface area contributed by atoms with Crippen LogP contribution in [0.4, 0.5) is 10.5 Å². The minimum absolute atomic E-state index is 0.136. The second kappa shape index (κ2) is 10.2. The molecule has 196 valence electrons. The van der Waals surface area contributed by atoms with Crippen LogP contribution in [0.1, 0.15) is 40.2 Å². The second-order valence-corrected chi connectivity index (χ2v) is 10.9. The first-order chi connectivity index (χ1) is 18.6. The number of rotatable bonds is 5. The number of thiophene rings is 1. The van der Waals surface area contributed by atoms with Crippen molar-refractivity contribution in [3.8, 4) is 16.5 Å². The third-order valence-corrected chi connectivity index (χ3v) is 8.62. The quantitative estimate of drug-likeness (QED) is 0.342. The average molecular weight is 529 g/mol. The molecule has 0 saturated carbocycles. The summed E-state index contributed by atoms with van der Waals surface area (Å²) in [6, 6.07) is 19.4. The lowest BCUT2D eigenvalue weighted by Crippen LogP contribution is -2.38. The Kier molecular flexibility index (Phi) is 6.59. The zero-order valence-corrected chi connectivity index (χ0v) is 22.8. The zero-order valence-electron chi connectivity index (χ0n) is 21.9. The highest BCUT2D eigenvalue weighted by Gasteiger charge is 2.36. The summed E-state index contributed by atoms with van der Waals surface area (Å²) in [5.41, 5.74) is 5.50. The number of fused-ring (bicyclic) bond motifs is 5. The predicted octanol–water partition coefficient (Wildman–Crippen LogP) is 6.07. The van der Waals surface area contributed by atoms with E-state index in [1.54, 1.807) is 7.11 Å². The molecular weight excluding hydrogens is 496 g/mol. The van der Waals surface area contributed by atoms with Crippen molar-refractivity contribution in [3.63, 3.8) is 0 Å². The standard InChI is InChI=1S/C30H32N4O3S/c1-4-37-23-13-9-21(10-14-23)31-30(35)34-18-25-24-15-17-32(2)19-27(24)38-29(25)33-16-5-6-26(33)28(34)20-7-11-22(36-3)12-8-20/h5-14,16,28H,4,15,17-19H2,1-3H3,(H,31,35)/t28-/m0/s1. The molecular formula is C30H32N4O3S. The van der Waals surface area contributed by atoms with Gasteiger partial charge in [-0.2, -0.15) is 0 Å². The Morgan fingerprint density at radius 1 is 1.03 bits per heavy atom. The first kappa shape index (κ1) is 24.6. The molecule has 1 atom stereocenters. The number of carbonyl (C=O) groups excluding carboxylic acids is 1. The minimum atomic E-state index is -0.264. The van der Waals surface area contributed by atoms with Gasteiger partial charge in [-0.05, 0) is 80.1 Å². The topological polar surface area (TPSA) is 59.0 Å². The molecule has 0 unspecified atom stereocenters. The van der Waals surface area contributed by atoms with Crippen molar-refractivity contribution in [1.82, 2.24) is 14.4 Å². The van der Waals surface area contributed by atoms with Gasteiger partial charge in [0.1, 0.15) is 16.5 Å². The molecule has 7 nitrogen and oxygen atoms in total. The Morgan fingerprint density at radius 3 is 2.53 bits per heavy atom. The molecule has 1 N–H and O–H groups in total. The molecule has 0 fully saturated rings. The zero-order chi connectivity index (χ0) is 26.2. The fourth-order valence-electron chi connectivity index (χ4n) is 5.49. The number of nitrogens with one attached hydrogen (secondary N) is 1. The highest BCUT2D eigenvalue weighted by Crippen LogP contribution is 2.43. The van der Waals surface area contributed by atoms with Crippen LogP contribution in [0, 0.1) is 0 Å². The van der Waals surface area contributed by atoms with Gasteiger partial charge in [0.2, 0.25) is 0 Å². The first-order valence-electron chi connectivity index (χ1n) is 13.0. The molecule has 0 spiro atoms. The van der Waals surface area contributed by atoms with Crippen LogP contribution in [0.5, 0.6) is 11.5 Å². The molecule has 2 amide bonds. The van der Waals surface area contributed by atoms with Gasteiger partial charge in [0.05, 0.1) is 32.0 Å². The first-order valence-corrected chi connectivity index (χ1v) is 13.8. The van der Waals surface area contributed by atoms with Crippen LogP contribution in [0.3, 0.4) is 0 Å². The molecule has 2 aliphatic rings. The molecule has 8 heteroatoms. The highest BCUT2D eigenvalue weighted by molar-refractivity contribution is 7.15. The largest absolute Gasteiger partial charge is 0.497 e. The number of urea groups is 1. The summed E-state index contributed by atoms with van der Waals surface area (Å²) in [5.74, 6) is 1.58. The Hall–Kier alpha value is -3.75. The molecule has 4 aromatic rings. The van der Waals surface area contributed by atoms with E-state index in [1.165, 1.54) is 21.0 Å². The lowest BCUT2D eigenvalue weighted by atomic mass is 10.00. The van der Waals surface area contributed by atoms with E-state index in [-0.39, 0.29) is 12.1 Å². The van der Waals surface area contributed by atoms with Gasteiger partial charge >= 0.3 is 6.03 Å². The average Bonchev–Trinajstić information content (AvgIpc) is 3.51. The van der Waals surface area contributed by atoms with Crippen LogP contribution < -0.4 is 14.8 Å². The summed E-state index contributed by atoms with van der Waals surface area (Å²) < 4.78 is 13.3. The fraction of sp³-hybridized carbons (Fsp3) is 0.300. The van der Waals surface area contributed by atoms with Crippen LogP contribution in [-0.2, 0) is 19.5 Å². The lowest BCUT2D eigenvalue weighted by Gasteiger charge is -2.32. The summed E-state index contributed by atoms with van der Waals surface area (Å²) in [5, 5.41) is 4.38. The molecule has 4 heterocycles. The summed E-state index contributed by atoms with van der Waals surface area (Å²) in [6.07, 6.45) is 3.13. The molecule has 0 saturated heterocycles. The number of carbonyl (C=O) groups is 1. The number of ether oxygens (including phenoxy) is 2. The van der Waals surface area contributed by atoms with Crippen LogP contribution in [0.2, 0.25) is 0 Å². The van der Waals surface area contributed by atoms with Crippen molar-refractivity contribution in [2.75, 3.05) is 32.6 Å². The van der Waals surface area contributed by atoms with Crippen molar-refractivity contribution in [2.45, 2.75) is 32.5 Å². The summed E-state index contributed by atoms with van der Waals surface area (Å²) >= 11 is 1.86. The number of likely N-dealkylation sites (N-methyl/N-ethyl adjacent to an activating group) is 1. The van der Waals surface area contributed by atoms with Crippen LogP contribution in [-0.4, -0.2) is 47.7 Å². The van der Waals surface area contributed by atoms with Crippen molar-refractivity contribution in [2.24, 2.45) is 0 Å². The summed E-state index contributed by atoms with van der Waals surface area (Å²) in [4.78, 5) is 19.8. The van der Waals surface area contributed by atoms with E-state index in [2.05, 4.69) is 52.3 Å². The number of amides is 2. The van der Waals surface area contributed by atoms with Gasteiger partial charge in [0.15, 0.2) is 0 Å². The van der Waals surface area contributed by atoms with E-state index < -0.39 is 0 Å². The Balaban J connectivity index is 1.43. The van der Waals surface area contributed by atoms with Crippen molar-refractivity contribution >= 4 is 23.1 Å². The fourth-order valence-corrected chi connectivity index (χ4v) is 6.93. The number of aromatic nitrogens is 1. The number of benzene rings is 2. The van der Waals surface area contributed by atoms with Crippen LogP contribution in [0.25, 0.3) is 5.00 Å². The van der Waals surface area contributed by atoms with Crippen molar-refractivity contribution in [1.29, 1.82) is 0 Å². The molecule has 6 rings (SSSR count). The second-order valence-electron chi connectivity index (χ2n) is 9.77. The van der Waals surface area contributed by atoms with Crippen molar-refractivity contribution in [3.05, 3.63) is 94.1 Å². The maximum absolute atomic E-state index is 14.1. The highest BCUT2D eigenvalue weighted by atomic mass is 32.1. The third kappa shape index (κ3) is 4.44. The van der Waals surface area contributed by atoms with Crippen LogP contribution in [0.15, 0.2) is 66.9 Å². The van der Waals surface area contributed by atoms with Crippen molar-refractivity contribution < 1.29 is 14.3 Å². The molecule has 2 aliphatic heterocycles. The van der Waals surface area contributed by atoms with E-state index in [1.807, 2.05) is 59.6 Å². The Bertz CT molecular complexity index is 1440. The molecule has 0 radical (unpaired) electrons. The predicted molar refractivity (Wildman–Crippen MR) is 151 cm³/mol. The normalized spacial score (nSPS) is 16.7. The van der Waals surface area contributed by atoms with Gasteiger partial charge in [0.25, 0.3) is 0 Å². The minimum Gasteiger partial charge on any atom is -0.497 e. The lowest BCUT2D eigenvalue weighted by molar-refractivity contribution is 0.194. The maximum Gasteiger partial charge on any atom is 0.322 e. The van der Waals surface area contributed by atoms with E-state index in [9.17, 15) is 4.79 Å². The number of nitrogens with zero attached hydrogens (tertiary/aromatic N) is 3. The van der Waals surface area contributed by atoms with Crippen LogP contribution >= 0.6 is 11.3 Å². The third-order valence-electron chi connectivity index (χ3n) is 7.36. The summed E-state index contributed by atoms with van der Waals surface area (Å²) in [7, 11) is 3.84. The maximum atomic E-state index is 14.1. The molecule has 2 aromatic carbocycles. The number of methoxy groups -OCH3 is 1. The SMILES string of the molecule is CCOc1ccc(NC(=O)N2Cc3c(sc4c3CCN(C)C4)-n3cccc3[C@@H]2c2ccc(OC)cc2)cc1. The monoisotopic (exact) mass is 528 g/mol. The van der Waals surface area contributed by atoms with Gasteiger partial charge in [-0.3, -0.25) is 0 Å².